The molecule has 0 saturated carbocycles. The van der Waals surface area contributed by atoms with Crippen LogP contribution in [0, 0.1) is 0 Å². The van der Waals surface area contributed by atoms with Crippen LogP contribution in [0.1, 0.15) is 15.9 Å². The number of amides is 1. The lowest BCUT2D eigenvalue weighted by Crippen LogP contribution is -2.17. The molecule has 3 aromatic rings. The van der Waals surface area contributed by atoms with Crippen molar-refractivity contribution in [3.8, 4) is 0 Å². The first kappa shape index (κ1) is 14.6. The zero-order chi connectivity index (χ0) is 15.5. The molecule has 6 heteroatoms. The Labute approximate surface area is 136 Å². The van der Waals surface area contributed by atoms with Crippen molar-refractivity contribution in [3.63, 3.8) is 0 Å². The molecule has 4 nitrogen and oxygen atoms in total. The zero-order valence-corrected chi connectivity index (χ0v) is 12.8. The minimum atomic E-state index is -0.299. The lowest BCUT2D eigenvalue weighted by molar-refractivity contribution is 0.0957. The van der Waals surface area contributed by atoms with E-state index in [0.717, 1.165) is 10.9 Å². The SMILES string of the molecule is O=C(N/N=C/c1cccc(Cl)c1Cl)c1c[nH]c2ccccc12. The molecule has 0 unspecified atom stereocenters. The number of hydrogen-bond donors (Lipinski definition) is 2. The monoisotopic (exact) mass is 331 g/mol. The number of rotatable bonds is 3. The molecule has 1 aromatic heterocycles. The Morgan fingerprint density at radius 2 is 1.95 bits per heavy atom. The summed E-state index contributed by atoms with van der Waals surface area (Å²) in [7, 11) is 0. The number of H-pyrrole nitrogens is 1. The minimum Gasteiger partial charge on any atom is -0.360 e. The summed E-state index contributed by atoms with van der Waals surface area (Å²) in [5, 5.41) is 5.60. The van der Waals surface area contributed by atoms with Crippen LogP contribution in [0.3, 0.4) is 0 Å². The second kappa shape index (κ2) is 6.22. The number of aromatic amines is 1. The molecule has 0 spiro atoms. The van der Waals surface area contributed by atoms with Crippen molar-refractivity contribution in [3.05, 3.63) is 69.8 Å². The summed E-state index contributed by atoms with van der Waals surface area (Å²) in [6.07, 6.45) is 3.11. The van der Waals surface area contributed by atoms with E-state index < -0.39 is 0 Å². The predicted octanol–water partition coefficient (Wildman–Crippen LogP) is 4.24. The average Bonchev–Trinajstić information content (AvgIpc) is 2.95. The van der Waals surface area contributed by atoms with Crippen molar-refractivity contribution >= 4 is 46.2 Å². The number of nitrogens with zero attached hydrogens (tertiary/aromatic N) is 1. The summed E-state index contributed by atoms with van der Waals surface area (Å²) < 4.78 is 0. The Kier molecular flexibility index (Phi) is 4.13. The van der Waals surface area contributed by atoms with Gasteiger partial charge in [0.2, 0.25) is 0 Å². The Morgan fingerprint density at radius 3 is 2.82 bits per heavy atom. The average molecular weight is 332 g/mol. The van der Waals surface area contributed by atoms with Crippen molar-refractivity contribution in [2.24, 2.45) is 5.10 Å². The van der Waals surface area contributed by atoms with Crippen LogP contribution in [0.5, 0.6) is 0 Å². The van der Waals surface area contributed by atoms with Gasteiger partial charge in [0.05, 0.1) is 21.8 Å². The third-order valence-electron chi connectivity index (χ3n) is 3.19. The highest BCUT2D eigenvalue weighted by Gasteiger charge is 2.10. The van der Waals surface area contributed by atoms with Gasteiger partial charge >= 0.3 is 0 Å². The van der Waals surface area contributed by atoms with E-state index in [9.17, 15) is 4.79 Å². The third kappa shape index (κ3) is 2.84. The fraction of sp³-hybridized carbons (Fsp3) is 0. The number of carbonyl (C=O) groups is 1. The summed E-state index contributed by atoms with van der Waals surface area (Å²) in [6.45, 7) is 0. The van der Waals surface area contributed by atoms with Gasteiger partial charge in [0.25, 0.3) is 5.91 Å². The van der Waals surface area contributed by atoms with E-state index in [-0.39, 0.29) is 5.91 Å². The first-order chi connectivity index (χ1) is 10.7. The second-order valence-electron chi connectivity index (χ2n) is 4.59. The first-order valence-electron chi connectivity index (χ1n) is 6.50. The summed E-state index contributed by atoms with van der Waals surface area (Å²) >= 11 is 12.0. The summed E-state index contributed by atoms with van der Waals surface area (Å²) in [4.78, 5) is 15.2. The van der Waals surface area contributed by atoms with Gasteiger partial charge in [-0.1, -0.05) is 53.5 Å². The molecule has 1 heterocycles. The maximum absolute atomic E-state index is 12.2. The number of nitrogens with one attached hydrogen (secondary N) is 2. The summed E-state index contributed by atoms with van der Waals surface area (Å²) in [6, 6.07) is 12.8. The Balaban J connectivity index is 1.77. The van der Waals surface area contributed by atoms with Crippen molar-refractivity contribution in [2.75, 3.05) is 0 Å². The molecule has 0 saturated heterocycles. The normalized spacial score (nSPS) is 11.2. The molecular formula is C16H11Cl2N3O. The molecule has 0 aliphatic rings. The molecule has 22 heavy (non-hydrogen) atoms. The van der Waals surface area contributed by atoms with Crippen LogP contribution in [-0.4, -0.2) is 17.1 Å². The van der Waals surface area contributed by atoms with Crippen LogP contribution < -0.4 is 5.43 Å². The number of para-hydroxylation sites is 1. The van der Waals surface area contributed by atoms with Gasteiger partial charge in [-0.3, -0.25) is 4.79 Å². The zero-order valence-electron chi connectivity index (χ0n) is 11.3. The van der Waals surface area contributed by atoms with Crippen molar-refractivity contribution in [2.45, 2.75) is 0 Å². The first-order valence-corrected chi connectivity index (χ1v) is 7.26. The quantitative estimate of drug-likeness (QED) is 0.547. The van der Waals surface area contributed by atoms with Gasteiger partial charge in [-0.15, -0.1) is 0 Å². The molecule has 2 aromatic carbocycles. The van der Waals surface area contributed by atoms with Crippen LogP contribution in [0.2, 0.25) is 10.0 Å². The Bertz CT molecular complexity index is 871. The second-order valence-corrected chi connectivity index (χ2v) is 5.38. The van der Waals surface area contributed by atoms with Crippen LogP contribution in [-0.2, 0) is 0 Å². The van der Waals surface area contributed by atoms with Gasteiger partial charge in [0.15, 0.2) is 0 Å². The molecule has 0 fully saturated rings. The molecule has 0 radical (unpaired) electrons. The van der Waals surface area contributed by atoms with E-state index in [1.807, 2.05) is 24.3 Å². The highest BCUT2D eigenvalue weighted by Crippen LogP contribution is 2.24. The van der Waals surface area contributed by atoms with Crippen LogP contribution >= 0.6 is 23.2 Å². The maximum Gasteiger partial charge on any atom is 0.273 e. The molecule has 110 valence electrons. The molecular weight excluding hydrogens is 321 g/mol. The van der Waals surface area contributed by atoms with Gasteiger partial charge in [0.1, 0.15) is 0 Å². The van der Waals surface area contributed by atoms with E-state index in [1.54, 1.807) is 24.4 Å². The van der Waals surface area contributed by atoms with E-state index >= 15 is 0 Å². The smallest absolute Gasteiger partial charge is 0.273 e. The lowest BCUT2D eigenvalue weighted by atomic mass is 10.2. The maximum atomic E-state index is 12.2. The van der Waals surface area contributed by atoms with Gasteiger partial charge in [-0.2, -0.15) is 5.10 Å². The number of benzene rings is 2. The predicted molar refractivity (Wildman–Crippen MR) is 89.8 cm³/mol. The van der Waals surface area contributed by atoms with E-state index in [2.05, 4.69) is 15.5 Å². The number of hydrogen-bond acceptors (Lipinski definition) is 2. The van der Waals surface area contributed by atoms with Gasteiger partial charge in [0, 0.05) is 22.7 Å². The number of hydrazone groups is 1. The Morgan fingerprint density at radius 1 is 1.14 bits per heavy atom. The standard InChI is InChI=1S/C16H11Cl2N3O/c17-13-6-3-4-10(15(13)18)8-20-21-16(22)12-9-19-14-7-2-1-5-11(12)14/h1-9,19H,(H,21,22)/b20-8+. The van der Waals surface area contributed by atoms with E-state index in [1.165, 1.54) is 6.21 Å². The fourth-order valence-corrected chi connectivity index (χ4v) is 2.46. The number of carbonyl (C=O) groups excluding carboxylic acids is 1. The molecule has 0 aliphatic carbocycles. The van der Waals surface area contributed by atoms with E-state index in [4.69, 9.17) is 23.2 Å². The number of aromatic nitrogens is 1. The molecule has 3 rings (SSSR count). The molecule has 2 N–H and O–H groups in total. The molecule has 0 aliphatic heterocycles. The third-order valence-corrected chi connectivity index (χ3v) is 4.02. The van der Waals surface area contributed by atoms with Crippen LogP contribution in [0.4, 0.5) is 0 Å². The topological polar surface area (TPSA) is 57.2 Å². The largest absolute Gasteiger partial charge is 0.360 e. The summed E-state index contributed by atoms with van der Waals surface area (Å²) in [5.74, 6) is -0.299. The molecule has 1 amide bonds. The molecule has 0 bridgehead atoms. The van der Waals surface area contributed by atoms with Crippen LogP contribution in [0.25, 0.3) is 10.9 Å². The van der Waals surface area contributed by atoms with Crippen molar-refractivity contribution in [1.29, 1.82) is 0 Å². The minimum absolute atomic E-state index is 0.299. The Hall–Kier alpha value is -2.30. The van der Waals surface area contributed by atoms with E-state index in [0.29, 0.717) is 21.2 Å². The summed E-state index contributed by atoms with van der Waals surface area (Å²) in [5.41, 5.74) is 4.54. The van der Waals surface area contributed by atoms with Crippen molar-refractivity contribution in [1.82, 2.24) is 10.4 Å². The number of fused-ring (bicyclic) bond motifs is 1. The van der Waals surface area contributed by atoms with Crippen LogP contribution in [0.15, 0.2) is 53.8 Å². The van der Waals surface area contributed by atoms with Gasteiger partial charge in [-0.25, -0.2) is 5.43 Å². The van der Waals surface area contributed by atoms with Crippen molar-refractivity contribution < 1.29 is 4.79 Å². The highest BCUT2D eigenvalue weighted by atomic mass is 35.5. The lowest BCUT2D eigenvalue weighted by Gasteiger charge is -2.00. The molecule has 0 atom stereocenters. The van der Waals surface area contributed by atoms with Gasteiger partial charge in [-0.05, 0) is 12.1 Å². The highest BCUT2D eigenvalue weighted by molar-refractivity contribution is 6.43. The van der Waals surface area contributed by atoms with Gasteiger partial charge < -0.3 is 4.98 Å². The number of halogens is 2. The fourth-order valence-electron chi connectivity index (χ4n) is 2.10.